The Kier molecular flexibility index (Phi) is 3.36. The maximum Gasteiger partial charge on any atom is 0.220 e. The van der Waals surface area contributed by atoms with Crippen LogP contribution in [-0.2, 0) is 24.2 Å². The maximum atomic E-state index is 5.74. The van der Waals surface area contributed by atoms with Gasteiger partial charge in [-0.25, -0.2) is 4.98 Å². The van der Waals surface area contributed by atoms with E-state index in [1.165, 1.54) is 0 Å². The van der Waals surface area contributed by atoms with Crippen molar-refractivity contribution in [2.45, 2.75) is 32.4 Å². The van der Waals surface area contributed by atoms with E-state index in [-0.39, 0.29) is 6.04 Å². The molecule has 1 aromatic heterocycles. The first kappa shape index (κ1) is 11.3. The number of ether oxygens (including phenoxy) is 2. The third kappa shape index (κ3) is 2.31. The fraction of sp³-hybridized carbons (Fsp3) is 0.636. The summed E-state index contributed by atoms with van der Waals surface area (Å²) in [5.74, 6) is 1.40. The van der Waals surface area contributed by atoms with E-state index in [0.29, 0.717) is 25.5 Å². The van der Waals surface area contributed by atoms with E-state index in [9.17, 15) is 0 Å². The van der Waals surface area contributed by atoms with Gasteiger partial charge in [-0.3, -0.25) is 0 Å². The number of aromatic nitrogens is 2. The highest BCUT2D eigenvalue weighted by atomic mass is 16.5. The number of nitrogens with zero attached hydrogens (tertiary/aromatic N) is 2. The highest BCUT2D eigenvalue weighted by molar-refractivity contribution is 5.32. The van der Waals surface area contributed by atoms with E-state index < -0.39 is 0 Å². The van der Waals surface area contributed by atoms with Crippen LogP contribution in [-0.4, -0.2) is 29.7 Å². The molecule has 1 aliphatic heterocycles. The molecule has 0 spiro atoms. The Bertz CT molecular complexity index is 362. The zero-order valence-electron chi connectivity index (χ0n) is 9.69. The molecule has 16 heavy (non-hydrogen) atoms. The Hall–Kier alpha value is -1.20. The molecule has 0 saturated heterocycles. The first-order valence-corrected chi connectivity index (χ1v) is 5.46. The van der Waals surface area contributed by atoms with Crippen LogP contribution in [0.25, 0.3) is 0 Å². The molecular weight excluding hydrogens is 206 g/mol. The minimum absolute atomic E-state index is 0.0484. The zero-order chi connectivity index (χ0) is 11.5. The van der Waals surface area contributed by atoms with Crippen LogP contribution in [0.5, 0.6) is 5.88 Å². The number of fused-ring (bicyclic) bond motifs is 1. The highest BCUT2D eigenvalue weighted by Crippen LogP contribution is 2.23. The van der Waals surface area contributed by atoms with Crippen molar-refractivity contribution >= 4 is 0 Å². The first-order chi connectivity index (χ1) is 7.70. The van der Waals surface area contributed by atoms with Crippen LogP contribution in [0.2, 0.25) is 0 Å². The van der Waals surface area contributed by atoms with Crippen LogP contribution >= 0.6 is 0 Å². The first-order valence-electron chi connectivity index (χ1n) is 5.46. The topological polar surface area (TPSA) is 70.3 Å². The average Bonchev–Trinajstić information content (AvgIpc) is 2.27. The normalized spacial score (nSPS) is 16.7. The Labute approximate surface area is 95.0 Å². The van der Waals surface area contributed by atoms with Crippen molar-refractivity contribution in [3.8, 4) is 5.88 Å². The van der Waals surface area contributed by atoms with E-state index in [1.54, 1.807) is 7.11 Å². The lowest BCUT2D eigenvalue weighted by Gasteiger charge is -2.18. The molecule has 1 aromatic rings. The molecule has 5 nitrogen and oxygen atoms in total. The molecule has 0 radical (unpaired) electrons. The van der Waals surface area contributed by atoms with Crippen LogP contribution in [0.15, 0.2) is 0 Å². The van der Waals surface area contributed by atoms with E-state index in [2.05, 4.69) is 9.97 Å². The molecule has 0 aromatic carbocycles. The fourth-order valence-corrected chi connectivity index (χ4v) is 1.82. The van der Waals surface area contributed by atoms with Crippen LogP contribution in [0, 0.1) is 0 Å². The van der Waals surface area contributed by atoms with Gasteiger partial charge in [0.1, 0.15) is 5.82 Å². The fourth-order valence-electron chi connectivity index (χ4n) is 1.82. The van der Waals surface area contributed by atoms with Gasteiger partial charge in [0, 0.05) is 24.4 Å². The summed E-state index contributed by atoms with van der Waals surface area (Å²) in [4.78, 5) is 8.84. The Balaban J connectivity index is 2.35. The molecule has 1 unspecified atom stereocenters. The highest BCUT2D eigenvalue weighted by Gasteiger charge is 2.18. The molecule has 1 atom stereocenters. The molecule has 2 rings (SSSR count). The second-order valence-corrected chi connectivity index (χ2v) is 4.06. The summed E-state index contributed by atoms with van der Waals surface area (Å²) >= 11 is 0. The summed E-state index contributed by atoms with van der Waals surface area (Å²) in [5, 5.41) is 0. The molecule has 2 heterocycles. The quantitative estimate of drug-likeness (QED) is 0.805. The average molecular weight is 223 g/mol. The van der Waals surface area contributed by atoms with Gasteiger partial charge in [-0.2, -0.15) is 4.98 Å². The van der Waals surface area contributed by atoms with Gasteiger partial charge >= 0.3 is 0 Å². The predicted molar refractivity (Wildman–Crippen MR) is 59.3 cm³/mol. The van der Waals surface area contributed by atoms with Crippen molar-refractivity contribution in [1.29, 1.82) is 0 Å². The summed E-state index contributed by atoms with van der Waals surface area (Å²) in [7, 11) is 1.63. The number of rotatable bonds is 3. The van der Waals surface area contributed by atoms with Crippen molar-refractivity contribution in [3.05, 3.63) is 17.1 Å². The van der Waals surface area contributed by atoms with Gasteiger partial charge < -0.3 is 15.2 Å². The summed E-state index contributed by atoms with van der Waals surface area (Å²) < 4.78 is 10.7. The van der Waals surface area contributed by atoms with Gasteiger partial charge in [-0.15, -0.1) is 0 Å². The van der Waals surface area contributed by atoms with Gasteiger partial charge in [0.15, 0.2) is 0 Å². The summed E-state index contributed by atoms with van der Waals surface area (Å²) in [6, 6.07) is 0.0484. The number of methoxy groups -OCH3 is 1. The monoisotopic (exact) mass is 223 g/mol. The molecular formula is C11H17N3O2. The molecule has 0 bridgehead atoms. The lowest BCUT2D eigenvalue weighted by atomic mass is 10.1. The molecule has 88 valence electrons. The summed E-state index contributed by atoms with van der Waals surface area (Å²) in [6.07, 6.45) is 1.47. The zero-order valence-corrected chi connectivity index (χ0v) is 9.69. The maximum absolute atomic E-state index is 5.74. The third-order valence-corrected chi connectivity index (χ3v) is 2.53. The van der Waals surface area contributed by atoms with E-state index in [0.717, 1.165) is 23.5 Å². The molecule has 1 aliphatic rings. The second-order valence-electron chi connectivity index (χ2n) is 4.06. The van der Waals surface area contributed by atoms with Crippen LogP contribution < -0.4 is 10.5 Å². The van der Waals surface area contributed by atoms with Crippen molar-refractivity contribution in [3.63, 3.8) is 0 Å². The van der Waals surface area contributed by atoms with Crippen LogP contribution in [0.1, 0.15) is 24.0 Å². The van der Waals surface area contributed by atoms with Crippen molar-refractivity contribution in [2.75, 3.05) is 13.7 Å². The van der Waals surface area contributed by atoms with Crippen LogP contribution in [0.3, 0.4) is 0 Å². The smallest absolute Gasteiger partial charge is 0.220 e. The van der Waals surface area contributed by atoms with Gasteiger partial charge in [0.05, 0.1) is 26.0 Å². The number of nitrogens with two attached hydrogens (primary N) is 1. The molecule has 2 N–H and O–H groups in total. The summed E-state index contributed by atoms with van der Waals surface area (Å²) in [5.41, 5.74) is 7.75. The SMILES string of the molecule is COc1nc(CC(C)N)nc2c1CCOC2. The standard InChI is InChI=1S/C11H17N3O2/c1-7(12)5-10-13-9-6-16-4-3-8(9)11(14-10)15-2/h7H,3-6,12H2,1-2H3. The van der Waals surface area contributed by atoms with Crippen molar-refractivity contribution in [1.82, 2.24) is 9.97 Å². The predicted octanol–water partition coefficient (Wildman–Crippen LogP) is 0.448. The van der Waals surface area contributed by atoms with Gasteiger partial charge in [0.25, 0.3) is 0 Å². The lowest BCUT2D eigenvalue weighted by Crippen LogP contribution is -2.22. The van der Waals surface area contributed by atoms with E-state index >= 15 is 0 Å². The minimum Gasteiger partial charge on any atom is -0.481 e. The largest absolute Gasteiger partial charge is 0.481 e. The molecule has 0 amide bonds. The number of hydrogen-bond acceptors (Lipinski definition) is 5. The lowest BCUT2D eigenvalue weighted by molar-refractivity contribution is 0.105. The Morgan fingerprint density at radius 3 is 3.00 bits per heavy atom. The number of hydrogen-bond donors (Lipinski definition) is 1. The molecule has 5 heteroatoms. The Morgan fingerprint density at radius 2 is 2.31 bits per heavy atom. The molecule has 0 saturated carbocycles. The minimum atomic E-state index is 0.0484. The van der Waals surface area contributed by atoms with Crippen molar-refractivity contribution < 1.29 is 9.47 Å². The van der Waals surface area contributed by atoms with E-state index in [1.807, 2.05) is 6.92 Å². The van der Waals surface area contributed by atoms with Crippen molar-refractivity contribution in [2.24, 2.45) is 5.73 Å². The summed E-state index contributed by atoms with van der Waals surface area (Å²) in [6.45, 7) is 3.19. The van der Waals surface area contributed by atoms with Crippen LogP contribution in [0.4, 0.5) is 0 Å². The van der Waals surface area contributed by atoms with E-state index in [4.69, 9.17) is 15.2 Å². The Morgan fingerprint density at radius 1 is 1.50 bits per heavy atom. The molecule has 0 aliphatic carbocycles. The van der Waals surface area contributed by atoms with Gasteiger partial charge in [-0.1, -0.05) is 0 Å². The molecule has 0 fully saturated rings. The third-order valence-electron chi connectivity index (χ3n) is 2.53. The van der Waals surface area contributed by atoms with Gasteiger partial charge in [0.2, 0.25) is 5.88 Å². The van der Waals surface area contributed by atoms with Gasteiger partial charge in [-0.05, 0) is 6.92 Å². The second kappa shape index (κ2) is 4.76.